The molecule has 0 unspecified atom stereocenters. The molecule has 0 aliphatic heterocycles. The van der Waals surface area contributed by atoms with Crippen LogP contribution in [0.25, 0.3) is 28.0 Å². The Hall–Kier alpha value is -2.94. The van der Waals surface area contributed by atoms with E-state index < -0.39 is 0 Å². The topological polar surface area (TPSA) is 30.7 Å². The van der Waals surface area contributed by atoms with Crippen LogP contribution >= 0.6 is 0 Å². The standard InChI is InChI=1S/C20H17N3/c1-14-10-11-17(13-15(14)2)23-20-18(9-6-12-21-20)19(22-23)16-7-4-3-5-8-16/h3-13H,1-2H3. The molecule has 0 saturated heterocycles. The molecule has 3 nitrogen and oxygen atoms in total. The second-order valence-electron chi connectivity index (χ2n) is 5.77. The van der Waals surface area contributed by atoms with Crippen molar-refractivity contribution in [1.29, 1.82) is 0 Å². The highest BCUT2D eigenvalue weighted by molar-refractivity contribution is 5.91. The molecule has 0 radical (unpaired) electrons. The fourth-order valence-electron chi connectivity index (χ4n) is 2.80. The van der Waals surface area contributed by atoms with E-state index in [4.69, 9.17) is 5.10 Å². The number of aryl methyl sites for hydroxylation is 2. The Bertz CT molecular complexity index is 984. The SMILES string of the molecule is Cc1ccc(-n2nc(-c3ccccc3)c3cccnc32)cc1C. The third-order valence-electron chi connectivity index (χ3n) is 4.22. The molecule has 0 aliphatic rings. The summed E-state index contributed by atoms with van der Waals surface area (Å²) in [6.07, 6.45) is 1.82. The van der Waals surface area contributed by atoms with E-state index in [0.717, 1.165) is 28.0 Å². The van der Waals surface area contributed by atoms with Gasteiger partial charge < -0.3 is 0 Å². The highest BCUT2D eigenvalue weighted by Gasteiger charge is 2.14. The number of nitrogens with zero attached hydrogens (tertiary/aromatic N) is 3. The number of pyridine rings is 1. The van der Waals surface area contributed by atoms with E-state index in [0.29, 0.717) is 0 Å². The Kier molecular flexibility index (Phi) is 3.19. The molecule has 4 rings (SSSR count). The van der Waals surface area contributed by atoms with E-state index in [2.05, 4.69) is 55.2 Å². The van der Waals surface area contributed by atoms with Crippen LogP contribution < -0.4 is 0 Å². The molecule has 3 heteroatoms. The van der Waals surface area contributed by atoms with Gasteiger partial charge >= 0.3 is 0 Å². The summed E-state index contributed by atoms with van der Waals surface area (Å²) < 4.78 is 1.93. The maximum Gasteiger partial charge on any atom is 0.163 e. The smallest absolute Gasteiger partial charge is 0.163 e. The van der Waals surface area contributed by atoms with Crippen LogP contribution in [0.2, 0.25) is 0 Å². The molecule has 2 aromatic heterocycles. The summed E-state index contributed by atoms with van der Waals surface area (Å²) in [7, 11) is 0. The molecule has 23 heavy (non-hydrogen) atoms. The minimum Gasteiger partial charge on any atom is -0.237 e. The van der Waals surface area contributed by atoms with Crippen molar-refractivity contribution < 1.29 is 0 Å². The van der Waals surface area contributed by atoms with Crippen LogP contribution in [0.15, 0.2) is 66.9 Å². The van der Waals surface area contributed by atoms with Crippen molar-refractivity contribution in [2.75, 3.05) is 0 Å². The van der Waals surface area contributed by atoms with E-state index in [-0.39, 0.29) is 0 Å². The Morgan fingerprint density at radius 1 is 0.826 bits per heavy atom. The second kappa shape index (κ2) is 5.36. The Morgan fingerprint density at radius 3 is 2.43 bits per heavy atom. The number of fused-ring (bicyclic) bond motifs is 1. The lowest BCUT2D eigenvalue weighted by Gasteiger charge is -2.06. The van der Waals surface area contributed by atoms with E-state index in [1.54, 1.807) is 0 Å². The zero-order valence-electron chi connectivity index (χ0n) is 13.2. The molecule has 0 saturated carbocycles. The van der Waals surface area contributed by atoms with Crippen molar-refractivity contribution in [3.63, 3.8) is 0 Å². The first kappa shape index (κ1) is 13.7. The van der Waals surface area contributed by atoms with Crippen LogP contribution in [0.1, 0.15) is 11.1 Å². The van der Waals surface area contributed by atoms with Gasteiger partial charge in [-0.15, -0.1) is 0 Å². The van der Waals surface area contributed by atoms with Crippen molar-refractivity contribution in [3.8, 4) is 16.9 Å². The van der Waals surface area contributed by atoms with Gasteiger partial charge in [0.05, 0.1) is 5.69 Å². The van der Waals surface area contributed by atoms with Crippen LogP contribution in [0.4, 0.5) is 0 Å². The number of rotatable bonds is 2. The fraction of sp³-hybridized carbons (Fsp3) is 0.100. The predicted octanol–water partition coefficient (Wildman–Crippen LogP) is 4.70. The monoisotopic (exact) mass is 299 g/mol. The molecule has 112 valence electrons. The zero-order valence-corrected chi connectivity index (χ0v) is 13.2. The van der Waals surface area contributed by atoms with Gasteiger partial charge in [0.2, 0.25) is 0 Å². The Morgan fingerprint density at radius 2 is 1.65 bits per heavy atom. The number of benzene rings is 2. The molecule has 0 N–H and O–H groups in total. The van der Waals surface area contributed by atoms with Crippen LogP contribution in [-0.4, -0.2) is 14.8 Å². The lowest BCUT2D eigenvalue weighted by Crippen LogP contribution is -1.98. The fourth-order valence-corrected chi connectivity index (χ4v) is 2.80. The second-order valence-corrected chi connectivity index (χ2v) is 5.77. The van der Waals surface area contributed by atoms with Crippen molar-refractivity contribution >= 4 is 11.0 Å². The lowest BCUT2D eigenvalue weighted by molar-refractivity contribution is 0.898. The first-order chi connectivity index (χ1) is 11.2. The number of hydrogen-bond donors (Lipinski definition) is 0. The Labute approximate surface area is 135 Å². The first-order valence-corrected chi connectivity index (χ1v) is 7.71. The van der Waals surface area contributed by atoms with E-state index in [1.807, 2.05) is 35.1 Å². The maximum absolute atomic E-state index is 4.85. The summed E-state index contributed by atoms with van der Waals surface area (Å²) in [5, 5.41) is 5.92. The van der Waals surface area contributed by atoms with E-state index in [1.165, 1.54) is 11.1 Å². The third kappa shape index (κ3) is 2.30. The summed E-state index contributed by atoms with van der Waals surface area (Å²) in [5.74, 6) is 0. The van der Waals surface area contributed by atoms with Gasteiger partial charge in [0.1, 0.15) is 5.69 Å². The average Bonchev–Trinajstić information content (AvgIpc) is 2.98. The number of aromatic nitrogens is 3. The summed E-state index contributed by atoms with van der Waals surface area (Å²) in [6, 6.07) is 20.7. The molecule has 0 atom stereocenters. The van der Waals surface area contributed by atoms with Gasteiger partial charge in [-0.25, -0.2) is 9.67 Å². The molecule has 0 spiro atoms. The van der Waals surface area contributed by atoms with Gasteiger partial charge in [0.25, 0.3) is 0 Å². The van der Waals surface area contributed by atoms with Gasteiger partial charge in [0, 0.05) is 17.1 Å². The summed E-state index contributed by atoms with van der Waals surface area (Å²) in [4.78, 5) is 4.56. The zero-order chi connectivity index (χ0) is 15.8. The molecule has 0 amide bonds. The van der Waals surface area contributed by atoms with Crippen LogP contribution in [-0.2, 0) is 0 Å². The summed E-state index contributed by atoms with van der Waals surface area (Å²) >= 11 is 0. The molecule has 0 aliphatic carbocycles. The third-order valence-corrected chi connectivity index (χ3v) is 4.22. The van der Waals surface area contributed by atoms with E-state index >= 15 is 0 Å². The largest absolute Gasteiger partial charge is 0.237 e. The van der Waals surface area contributed by atoms with Crippen LogP contribution in [0.3, 0.4) is 0 Å². The molecule has 2 heterocycles. The summed E-state index contributed by atoms with van der Waals surface area (Å²) in [5.41, 5.74) is 6.53. The van der Waals surface area contributed by atoms with Crippen LogP contribution in [0, 0.1) is 13.8 Å². The normalized spacial score (nSPS) is 11.0. The van der Waals surface area contributed by atoms with Crippen molar-refractivity contribution in [2.45, 2.75) is 13.8 Å². The minimum atomic E-state index is 0.884. The molecule has 2 aromatic carbocycles. The molecular formula is C20H17N3. The first-order valence-electron chi connectivity index (χ1n) is 7.71. The minimum absolute atomic E-state index is 0.884. The van der Waals surface area contributed by atoms with Crippen molar-refractivity contribution in [3.05, 3.63) is 78.0 Å². The van der Waals surface area contributed by atoms with Gasteiger partial charge in [0.15, 0.2) is 5.65 Å². The predicted molar refractivity (Wildman–Crippen MR) is 93.8 cm³/mol. The molecule has 4 aromatic rings. The van der Waals surface area contributed by atoms with Gasteiger partial charge in [-0.2, -0.15) is 5.10 Å². The number of hydrogen-bond acceptors (Lipinski definition) is 2. The Balaban J connectivity index is 1.99. The van der Waals surface area contributed by atoms with Crippen molar-refractivity contribution in [2.24, 2.45) is 0 Å². The maximum atomic E-state index is 4.85. The molecular weight excluding hydrogens is 282 g/mol. The lowest BCUT2D eigenvalue weighted by atomic mass is 10.1. The van der Waals surface area contributed by atoms with Gasteiger partial charge in [-0.05, 0) is 49.2 Å². The summed E-state index contributed by atoms with van der Waals surface area (Å²) in [6.45, 7) is 4.24. The van der Waals surface area contributed by atoms with Crippen LogP contribution in [0.5, 0.6) is 0 Å². The van der Waals surface area contributed by atoms with Gasteiger partial charge in [-0.3, -0.25) is 0 Å². The average molecular weight is 299 g/mol. The highest BCUT2D eigenvalue weighted by Crippen LogP contribution is 2.28. The highest BCUT2D eigenvalue weighted by atomic mass is 15.3. The van der Waals surface area contributed by atoms with E-state index in [9.17, 15) is 0 Å². The molecule has 0 bridgehead atoms. The molecule has 0 fully saturated rings. The van der Waals surface area contributed by atoms with Gasteiger partial charge in [-0.1, -0.05) is 36.4 Å². The van der Waals surface area contributed by atoms with Crippen molar-refractivity contribution in [1.82, 2.24) is 14.8 Å². The quantitative estimate of drug-likeness (QED) is 0.537.